The molecule has 1 aliphatic heterocycles. The van der Waals surface area contributed by atoms with Gasteiger partial charge in [-0.15, -0.1) is 24.8 Å². The van der Waals surface area contributed by atoms with Gasteiger partial charge >= 0.3 is 0 Å². The molecule has 0 saturated carbocycles. The molecule has 0 unspecified atom stereocenters. The zero-order chi connectivity index (χ0) is 16.1. The van der Waals surface area contributed by atoms with Crippen LogP contribution in [-0.2, 0) is 10.5 Å². The van der Waals surface area contributed by atoms with Crippen LogP contribution in [0.25, 0.3) is 0 Å². The number of hydrogen-bond acceptors (Lipinski definition) is 6. The highest BCUT2D eigenvalue weighted by atomic mass is 35.5. The van der Waals surface area contributed by atoms with Crippen LogP contribution in [0.4, 0.5) is 11.4 Å². The first-order valence-electron chi connectivity index (χ1n) is 7.19. The number of carbonyl (C=O) groups excluding carboxylic acids is 1. The molecule has 3 rings (SSSR count). The second-order valence-corrected chi connectivity index (χ2v) is 6.07. The molecule has 1 amide bonds. The molecule has 0 saturated heterocycles. The van der Waals surface area contributed by atoms with Gasteiger partial charge in [0.05, 0.1) is 17.1 Å². The summed E-state index contributed by atoms with van der Waals surface area (Å²) in [4.78, 5) is 16.3. The number of hydrogen-bond donors (Lipinski definition) is 2. The molecule has 136 valence electrons. The van der Waals surface area contributed by atoms with Gasteiger partial charge in [-0.1, -0.05) is 6.07 Å². The maximum Gasteiger partial charge on any atom is 0.231 e. The fourth-order valence-electron chi connectivity index (χ4n) is 2.10. The van der Waals surface area contributed by atoms with Crippen molar-refractivity contribution in [3.05, 3.63) is 42.2 Å². The SMILES string of the molecule is Cl.Cl.Nc1cc2c(cc1NC(=O)CCSCc1ccccn1)OCO2. The number of benzene rings is 1. The molecular formula is C16H19Cl2N3O3S. The molecule has 25 heavy (non-hydrogen) atoms. The van der Waals surface area contributed by atoms with Crippen LogP contribution >= 0.6 is 36.6 Å². The molecule has 3 N–H and O–H groups in total. The number of nitrogens with two attached hydrogens (primary N) is 1. The summed E-state index contributed by atoms with van der Waals surface area (Å²) in [7, 11) is 0. The molecule has 6 nitrogen and oxygen atoms in total. The normalized spacial score (nSPS) is 11.2. The number of rotatable bonds is 6. The first-order chi connectivity index (χ1) is 11.2. The number of halogens is 2. The Hall–Kier alpha value is -1.83. The number of ether oxygens (including phenoxy) is 2. The van der Waals surface area contributed by atoms with E-state index in [1.807, 2.05) is 18.2 Å². The number of amides is 1. The van der Waals surface area contributed by atoms with E-state index in [1.165, 1.54) is 0 Å². The van der Waals surface area contributed by atoms with E-state index >= 15 is 0 Å². The van der Waals surface area contributed by atoms with Crippen LogP contribution in [0.5, 0.6) is 11.5 Å². The van der Waals surface area contributed by atoms with Crippen LogP contribution in [0, 0.1) is 0 Å². The van der Waals surface area contributed by atoms with E-state index < -0.39 is 0 Å². The van der Waals surface area contributed by atoms with E-state index in [0.29, 0.717) is 35.0 Å². The maximum absolute atomic E-state index is 12.0. The third kappa shape index (κ3) is 5.88. The van der Waals surface area contributed by atoms with Gasteiger partial charge in [0.2, 0.25) is 12.7 Å². The number of thioether (sulfide) groups is 1. The Balaban J connectivity index is 0.00000156. The molecule has 0 spiro atoms. The smallest absolute Gasteiger partial charge is 0.231 e. The van der Waals surface area contributed by atoms with E-state index in [-0.39, 0.29) is 37.5 Å². The van der Waals surface area contributed by atoms with Crippen molar-refractivity contribution in [1.29, 1.82) is 0 Å². The second kappa shape index (κ2) is 10.2. The Labute approximate surface area is 162 Å². The number of carbonyl (C=O) groups is 1. The number of pyridine rings is 1. The lowest BCUT2D eigenvalue weighted by Crippen LogP contribution is -2.13. The summed E-state index contributed by atoms with van der Waals surface area (Å²) in [5.41, 5.74) is 7.93. The number of anilines is 2. The van der Waals surface area contributed by atoms with Crippen LogP contribution in [-0.4, -0.2) is 23.4 Å². The average molecular weight is 404 g/mol. The molecule has 1 aromatic heterocycles. The van der Waals surface area contributed by atoms with Gasteiger partial charge in [-0.3, -0.25) is 9.78 Å². The number of fused-ring (bicyclic) bond motifs is 1. The Morgan fingerprint density at radius 3 is 2.72 bits per heavy atom. The minimum absolute atomic E-state index is 0. The first-order valence-corrected chi connectivity index (χ1v) is 8.34. The summed E-state index contributed by atoms with van der Waals surface area (Å²) in [6.07, 6.45) is 2.18. The summed E-state index contributed by atoms with van der Waals surface area (Å²) < 4.78 is 10.5. The Kier molecular flexibility index (Phi) is 8.68. The fourth-order valence-corrected chi connectivity index (χ4v) is 2.96. The van der Waals surface area contributed by atoms with Gasteiger partial charge in [0.15, 0.2) is 11.5 Å². The van der Waals surface area contributed by atoms with E-state index in [1.54, 1.807) is 30.1 Å². The lowest BCUT2D eigenvalue weighted by atomic mass is 10.2. The van der Waals surface area contributed by atoms with Crippen molar-refractivity contribution < 1.29 is 14.3 Å². The highest BCUT2D eigenvalue weighted by Gasteiger charge is 2.17. The summed E-state index contributed by atoms with van der Waals surface area (Å²) >= 11 is 1.67. The molecule has 0 bridgehead atoms. The Bertz CT molecular complexity index is 705. The zero-order valence-corrected chi connectivity index (χ0v) is 15.7. The van der Waals surface area contributed by atoms with Gasteiger partial charge < -0.3 is 20.5 Å². The molecule has 9 heteroatoms. The lowest BCUT2D eigenvalue weighted by molar-refractivity contribution is -0.115. The highest BCUT2D eigenvalue weighted by molar-refractivity contribution is 7.98. The second-order valence-electron chi connectivity index (χ2n) is 4.96. The molecule has 0 atom stereocenters. The van der Waals surface area contributed by atoms with Crippen LogP contribution in [0.1, 0.15) is 12.1 Å². The van der Waals surface area contributed by atoms with E-state index in [4.69, 9.17) is 15.2 Å². The summed E-state index contributed by atoms with van der Waals surface area (Å²) in [6, 6.07) is 9.17. The van der Waals surface area contributed by atoms with Crippen LogP contribution in [0.2, 0.25) is 0 Å². The van der Waals surface area contributed by atoms with Crippen LogP contribution in [0.3, 0.4) is 0 Å². The lowest BCUT2D eigenvalue weighted by Gasteiger charge is -2.09. The topological polar surface area (TPSA) is 86.5 Å². The first kappa shape index (κ1) is 21.2. The van der Waals surface area contributed by atoms with Crippen LogP contribution < -0.4 is 20.5 Å². The maximum atomic E-state index is 12.0. The van der Waals surface area contributed by atoms with Gasteiger partial charge in [0, 0.05) is 36.3 Å². The Morgan fingerprint density at radius 1 is 1.24 bits per heavy atom. The molecule has 1 aromatic carbocycles. The molecule has 1 aliphatic rings. The zero-order valence-electron chi connectivity index (χ0n) is 13.3. The molecule has 2 heterocycles. The van der Waals surface area contributed by atoms with Crippen LogP contribution in [0.15, 0.2) is 36.5 Å². The largest absolute Gasteiger partial charge is 0.454 e. The quantitative estimate of drug-likeness (QED) is 0.566. The number of nitrogens with one attached hydrogen (secondary N) is 1. The van der Waals surface area contributed by atoms with Crippen molar-refractivity contribution in [3.8, 4) is 11.5 Å². The molecular weight excluding hydrogens is 385 g/mol. The average Bonchev–Trinajstić information content (AvgIpc) is 3.00. The summed E-state index contributed by atoms with van der Waals surface area (Å²) in [5, 5.41) is 2.81. The van der Waals surface area contributed by atoms with Crippen molar-refractivity contribution in [2.45, 2.75) is 12.2 Å². The van der Waals surface area contributed by atoms with Crippen molar-refractivity contribution in [1.82, 2.24) is 4.98 Å². The minimum Gasteiger partial charge on any atom is -0.454 e. The summed E-state index contributed by atoms with van der Waals surface area (Å²) in [6.45, 7) is 0.177. The van der Waals surface area contributed by atoms with Gasteiger partial charge in [0.1, 0.15) is 0 Å². The van der Waals surface area contributed by atoms with Crippen molar-refractivity contribution in [2.24, 2.45) is 0 Å². The van der Waals surface area contributed by atoms with E-state index in [2.05, 4.69) is 10.3 Å². The number of nitrogen functional groups attached to an aromatic ring is 1. The predicted octanol–water partition coefficient (Wildman–Crippen LogP) is 3.50. The monoisotopic (exact) mass is 403 g/mol. The minimum atomic E-state index is -0.0795. The standard InChI is InChI=1S/C16H17N3O3S.2ClH/c17-12-7-14-15(22-10-21-14)8-13(12)19-16(20)4-6-23-9-11-3-1-2-5-18-11;;/h1-3,5,7-8H,4,6,9-10,17H2,(H,19,20);2*1H. The number of nitrogens with zero attached hydrogens (tertiary/aromatic N) is 1. The molecule has 0 aliphatic carbocycles. The van der Waals surface area contributed by atoms with Crippen molar-refractivity contribution in [2.75, 3.05) is 23.6 Å². The number of aromatic nitrogens is 1. The third-order valence-corrected chi connectivity index (χ3v) is 4.26. The van der Waals surface area contributed by atoms with E-state index in [0.717, 1.165) is 11.4 Å². The van der Waals surface area contributed by atoms with Crippen molar-refractivity contribution in [3.63, 3.8) is 0 Å². The van der Waals surface area contributed by atoms with Gasteiger partial charge in [0.25, 0.3) is 0 Å². The van der Waals surface area contributed by atoms with Gasteiger partial charge in [-0.2, -0.15) is 11.8 Å². The van der Waals surface area contributed by atoms with Crippen molar-refractivity contribution >= 4 is 53.9 Å². The highest BCUT2D eigenvalue weighted by Crippen LogP contribution is 2.38. The van der Waals surface area contributed by atoms with Gasteiger partial charge in [-0.25, -0.2) is 0 Å². The molecule has 0 fully saturated rings. The third-order valence-electron chi connectivity index (χ3n) is 3.27. The predicted molar refractivity (Wildman–Crippen MR) is 105 cm³/mol. The fraction of sp³-hybridized carbons (Fsp3) is 0.250. The van der Waals surface area contributed by atoms with E-state index in [9.17, 15) is 4.79 Å². The Morgan fingerprint density at radius 2 is 2.00 bits per heavy atom. The molecule has 2 aromatic rings. The van der Waals surface area contributed by atoms with Gasteiger partial charge in [-0.05, 0) is 12.1 Å². The molecule has 0 radical (unpaired) electrons. The summed E-state index contributed by atoms with van der Waals surface area (Å²) in [5.74, 6) is 2.63.